The summed E-state index contributed by atoms with van der Waals surface area (Å²) in [6.07, 6.45) is 3.24. The number of carbonyl (C=O) groups is 4. The molecule has 0 saturated heterocycles. The van der Waals surface area contributed by atoms with Crippen molar-refractivity contribution in [2.24, 2.45) is 5.92 Å². The second-order valence-corrected chi connectivity index (χ2v) is 12.1. The van der Waals surface area contributed by atoms with Crippen LogP contribution in [0, 0.1) is 5.92 Å². The Kier molecular flexibility index (Phi) is 13.7. The smallest absolute Gasteiger partial charge is 0.407 e. The van der Waals surface area contributed by atoms with Crippen molar-refractivity contribution in [1.29, 1.82) is 0 Å². The molecule has 4 rings (SSSR count). The van der Waals surface area contributed by atoms with Crippen LogP contribution in [0.15, 0.2) is 104 Å². The third-order valence-electron chi connectivity index (χ3n) is 8.43. The maximum absolute atomic E-state index is 13.4. The molecule has 0 aliphatic heterocycles. The van der Waals surface area contributed by atoms with E-state index in [0.717, 1.165) is 22.3 Å². The maximum atomic E-state index is 13.4. The first-order chi connectivity index (χ1) is 23.7. The number of carbonyl (C=O) groups excluding carboxylic acids is 4. The molecule has 3 aromatic rings. The summed E-state index contributed by atoms with van der Waals surface area (Å²) < 4.78 is 11.4. The van der Waals surface area contributed by atoms with Gasteiger partial charge in [-0.3, -0.25) is 9.59 Å². The number of rotatable bonds is 18. The number of hydrogen-bond donors (Lipinski definition) is 4. The molecule has 0 heterocycles. The van der Waals surface area contributed by atoms with Gasteiger partial charge < -0.3 is 30.5 Å². The fourth-order valence-electron chi connectivity index (χ4n) is 5.87. The van der Waals surface area contributed by atoms with Crippen molar-refractivity contribution in [1.82, 2.24) is 16.0 Å². The van der Waals surface area contributed by atoms with Crippen molar-refractivity contribution in [3.63, 3.8) is 0 Å². The van der Waals surface area contributed by atoms with Gasteiger partial charge in [-0.05, 0) is 54.0 Å². The van der Waals surface area contributed by atoms with Crippen LogP contribution in [0.4, 0.5) is 4.79 Å². The Morgan fingerprint density at radius 2 is 1.47 bits per heavy atom. The number of fused-ring (bicyclic) bond motifs is 3. The normalized spacial score (nSPS) is 14.2. The fourth-order valence-corrected chi connectivity index (χ4v) is 5.87. The van der Waals surface area contributed by atoms with E-state index in [4.69, 9.17) is 9.47 Å². The summed E-state index contributed by atoms with van der Waals surface area (Å²) in [7, 11) is 0. The van der Waals surface area contributed by atoms with Gasteiger partial charge >= 0.3 is 12.1 Å². The van der Waals surface area contributed by atoms with Crippen molar-refractivity contribution < 1.29 is 33.8 Å². The molecule has 10 heteroatoms. The molecule has 0 bridgehead atoms. The highest BCUT2D eigenvalue weighted by Crippen LogP contribution is 2.44. The Labute approximate surface area is 287 Å². The van der Waals surface area contributed by atoms with Crippen LogP contribution in [-0.4, -0.2) is 60.9 Å². The molecule has 49 heavy (non-hydrogen) atoms. The molecular weight excluding hydrogens is 622 g/mol. The molecule has 0 fully saturated rings. The second-order valence-electron chi connectivity index (χ2n) is 12.1. The van der Waals surface area contributed by atoms with E-state index >= 15 is 0 Å². The second kappa shape index (κ2) is 18.4. The van der Waals surface area contributed by atoms with Gasteiger partial charge in [0.1, 0.15) is 19.3 Å². The lowest BCUT2D eigenvalue weighted by molar-refractivity contribution is -0.147. The SMILES string of the molecule is C=CCC[C@H](NC(=O)OCC1c2ccccc2-c2ccccc21)C(=O)OC[C@@H](NC(=O)[C@H](CC=C)CC(=O)N[C@H](C)CO)c1ccccc1. The van der Waals surface area contributed by atoms with E-state index in [1.165, 1.54) is 0 Å². The van der Waals surface area contributed by atoms with Crippen molar-refractivity contribution in [3.05, 3.63) is 121 Å². The molecule has 4 atom stereocenters. The van der Waals surface area contributed by atoms with Crippen molar-refractivity contribution in [2.45, 2.75) is 56.7 Å². The van der Waals surface area contributed by atoms with Gasteiger partial charge in [-0.1, -0.05) is 91.0 Å². The molecule has 1 aliphatic rings. The minimum absolute atomic E-state index is 0.0913. The molecule has 0 radical (unpaired) electrons. The molecule has 258 valence electrons. The summed E-state index contributed by atoms with van der Waals surface area (Å²) in [5, 5.41) is 17.5. The van der Waals surface area contributed by atoms with E-state index in [9.17, 15) is 24.3 Å². The van der Waals surface area contributed by atoms with Crippen molar-refractivity contribution in [2.75, 3.05) is 19.8 Å². The molecule has 0 unspecified atom stereocenters. The van der Waals surface area contributed by atoms with Gasteiger partial charge in [0.25, 0.3) is 0 Å². The summed E-state index contributed by atoms with van der Waals surface area (Å²) in [5.41, 5.74) is 5.05. The third kappa shape index (κ3) is 10.1. The average molecular weight is 668 g/mol. The highest BCUT2D eigenvalue weighted by atomic mass is 16.6. The van der Waals surface area contributed by atoms with Crippen LogP contribution in [0.3, 0.4) is 0 Å². The molecule has 0 spiro atoms. The maximum Gasteiger partial charge on any atom is 0.407 e. The lowest BCUT2D eigenvalue weighted by atomic mass is 9.98. The molecule has 4 N–H and O–H groups in total. The Bertz CT molecular complexity index is 1560. The first kappa shape index (κ1) is 36.6. The Hall–Kier alpha value is -5.22. The third-order valence-corrected chi connectivity index (χ3v) is 8.43. The predicted molar refractivity (Wildman–Crippen MR) is 187 cm³/mol. The Balaban J connectivity index is 1.40. The number of ether oxygens (including phenoxy) is 2. The number of nitrogens with one attached hydrogen (secondary N) is 3. The van der Waals surface area contributed by atoms with Gasteiger partial charge in [0.15, 0.2) is 0 Å². The largest absolute Gasteiger partial charge is 0.462 e. The van der Waals surface area contributed by atoms with Crippen LogP contribution >= 0.6 is 0 Å². The number of aliphatic hydroxyl groups excluding tert-OH is 1. The number of amides is 3. The first-order valence-corrected chi connectivity index (χ1v) is 16.5. The van der Waals surface area contributed by atoms with E-state index in [1.54, 1.807) is 43.3 Å². The fraction of sp³-hybridized carbons (Fsp3) is 0.333. The Morgan fingerprint density at radius 3 is 2.08 bits per heavy atom. The molecule has 1 aliphatic carbocycles. The van der Waals surface area contributed by atoms with Crippen LogP contribution in [0.5, 0.6) is 0 Å². The van der Waals surface area contributed by atoms with Gasteiger partial charge in [-0.2, -0.15) is 0 Å². The van der Waals surface area contributed by atoms with E-state index in [0.29, 0.717) is 12.0 Å². The molecule has 3 amide bonds. The van der Waals surface area contributed by atoms with Gasteiger partial charge in [0, 0.05) is 18.4 Å². The molecule has 0 saturated carbocycles. The van der Waals surface area contributed by atoms with E-state index in [1.807, 2.05) is 42.5 Å². The quantitative estimate of drug-likeness (QED) is 0.106. The van der Waals surface area contributed by atoms with Gasteiger partial charge in [0.05, 0.1) is 18.6 Å². The van der Waals surface area contributed by atoms with E-state index in [2.05, 4.69) is 41.2 Å². The van der Waals surface area contributed by atoms with E-state index < -0.39 is 42.0 Å². The molecule has 10 nitrogen and oxygen atoms in total. The number of alkyl carbamates (subject to hydrolysis) is 1. The molecular formula is C39H45N3O7. The number of allylic oxidation sites excluding steroid dienone is 2. The number of benzene rings is 3. The number of hydrogen-bond acceptors (Lipinski definition) is 7. The standard InChI is InChI=1S/C39H45N3O7/c1-4-6-21-34(42-39(47)49-24-33-31-19-12-10-17-29(31)30-18-11-13-20-32(30)33)38(46)48-25-35(27-15-8-7-9-16-27)41-37(45)28(14-5-2)22-36(44)40-26(3)23-43/h4-5,7-13,15-20,26,28,33-35,43H,1-2,6,14,21-25H2,3H3,(H,40,44)(H,41,45)(H,42,47)/t26-,28-,34+,35-/m1/s1. The van der Waals surface area contributed by atoms with Gasteiger partial charge in [-0.15, -0.1) is 13.2 Å². The van der Waals surface area contributed by atoms with Gasteiger partial charge in [0.2, 0.25) is 11.8 Å². The zero-order valence-corrected chi connectivity index (χ0v) is 27.8. The first-order valence-electron chi connectivity index (χ1n) is 16.5. The number of aliphatic hydroxyl groups is 1. The lowest BCUT2D eigenvalue weighted by Gasteiger charge is -2.24. The zero-order valence-electron chi connectivity index (χ0n) is 27.8. The van der Waals surface area contributed by atoms with Gasteiger partial charge in [-0.25, -0.2) is 9.59 Å². The topological polar surface area (TPSA) is 143 Å². The molecule has 0 aromatic heterocycles. The summed E-state index contributed by atoms with van der Waals surface area (Å²) in [5.74, 6) is -2.36. The highest BCUT2D eigenvalue weighted by molar-refractivity contribution is 5.86. The van der Waals surface area contributed by atoms with Crippen LogP contribution in [0.2, 0.25) is 0 Å². The zero-order chi connectivity index (χ0) is 35.2. The van der Waals surface area contributed by atoms with Crippen molar-refractivity contribution >= 4 is 23.9 Å². The van der Waals surface area contributed by atoms with Crippen molar-refractivity contribution in [3.8, 4) is 11.1 Å². The average Bonchev–Trinajstić information content (AvgIpc) is 3.44. The lowest BCUT2D eigenvalue weighted by Crippen LogP contribution is -2.44. The minimum atomic E-state index is -1.02. The van der Waals surface area contributed by atoms with E-state index in [-0.39, 0.29) is 50.9 Å². The van der Waals surface area contributed by atoms with Crippen LogP contribution in [0.25, 0.3) is 11.1 Å². The molecule has 3 aromatic carbocycles. The van der Waals surface area contributed by atoms with Crippen LogP contribution < -0.4 is 16.0 Å². The minimum Gasteiger partial charge on any atom is -0.462 e. The Morgan fingerprint density at radius 1 is 0.837 bits per heavy atom. The highest BCUT2D eigenvalue weighted by Gasteiger charge is 2.31. The van der Waals surface area contributed by atoms with Crippen LogP contribution in [0.1, 0.15) is 61.3 Å². The summed E-state index contributed by atoms with van der Waals surface area (Å²) >= 11 is 0. The summed E-state index contributed by atoms with van der Waals surface area (Å²) in [6, 6.07) is 22.8. The van der Waals surface area contributed by atoms with Crippen LogP contribution in [-0.2, 0) is 23.9 Å². The summed E-state index contributed by atoms with van der Waals surface area (Å²) in [4.78, 5) is 52.3. The number of esters is 1. The monoisotopic (exact) mass is 667 g/mol. The summed E-state index contributed by atoms with van der Waals surface area (Å²) in [6.45, 7) is 8.74. The predicted octanol–water partition coefficient (Wildman–Crippen LogP) is 5.34.